The Labute approximate surface area is 202 Å². The van der Waals surface area contributed by atoms with Crippen LogP contribution in [0.15, 0.2) is 97.1 Å². The molecule has 0 aliphatic heterocycles. The van der Waals surface area contributed by atoms with E-state index in [1.807, 2.05) is 103 Å². The molecule has 0 aliphatic carbocycles. The Morgan fingerprint density at radius 3 is 2.06 bits per heavy atom. The molecule has 2 amide bonds. The highest BCUT2D eigenvalue weighted by Gasteiger charge is 2.26. The average Bonchev–Trinajstić information content (AvgIpc) is 3.35. The average molecular weight is 466 g/mol. The van der Waals surface area contributed by atoms with Gasteiger partial charge in [0.15, 0.2) is 6.19 Å². The summed E-state index contributed by atoms with van der Waals surface area (Å²) < 4.78 is 0. The molecule has 6 heteroatoms. The van der Waals surface area contributed by atoms with E-state index in [4.69, 9.17) is 0 Å². The predicted molar refractivity (Wildman–Crippen MR) is 135 cm³/mol. The number of benzene rings is 3. The van der Waals surface area contributed by atoms with Crippen molar-refractivity contribution in [2.24, 2.45) is 0 Å². The first kappa shape index (κ1) is 23.0. The minimum Gasteiger partial charge on any atom is -0.339 e. The second kappa shape index (κ2) is 10.6. The van der Waals surface area contributed by atoms with E-state index in [0.717, 1.165) is 32.0 Å². The lowest BCUT2D eigenvalue weighted by molar-refractivity contribution is -0.129. The molecule has 1 N–H and O–H groups in total. The zero-order valence-electron chi connectivity index (χ0n) is 18.6. The fourth-order valence-electron chi connectivity index (χ4n) is 3.70. The van der Waals surface area contributed by atoms with Crippen LogP contribution in [0.2, 0.25) is 0 Å². The van der Waals surface area contributed by atoms with Gasteiger partial charge in [-0.2, -0.15) is 5.26 Å². The summed E-state index contributed by atoms with van der Waals surface area (Å²) >= 11 is 1.39. The molecule has 0 saturated heterocycles. The topological polar surface area (TPSA) is 73.2 Å². The molecule has 4 rings (SSSR count). The third kappa shape index (κ3) is 5.22. The molecule has 0 bridgehead atoms. The van der Waals surface area contributed by atoms with Crippen molar-refractivity contribution in [1.29, 1.82) is 5.26 Å². The first-order chi connectivity index (χ1) is 16.6. The van der Waals surface area contributed by atoms with Crippen molar-refractivity contribution >= 4 is 23.2 Å². The molecule has 0 saturated carbocycles. The van der Waals surface area contributed by atoms with Crippen LogP contribution >= 0.6 is 11.3 Å². The van der Waals surface area contributed by atoms with Gasteiger partial charge in [-0.15, -0.1) is 11.3 Å². The summed E-state index contributed by atoms with van der Waals surface area (Å²) in [7, 11) is 1.40. The molecule has 0 radical (unpaired) electrons. The standard InChI is InChI=1S/C28H23N3O2S/c1-31(19-29)28(33)24(17-20-11-5-2-6-12-20)30-27(32)25-18-23(21-13-7-3-8-14-21)26(34-25)22-15-9-4-10-16-22/h2-16,18,24H,17H2,1H3,(H,30,32). The van der Waals surface area contributed by atoms with Crippen LogP contribution in [0, 0.1) is 11.5 Å². The summed E-state index contributed by atoms with van der Waals surface area (Å²) in [6.07, 6.45) is 2.13. The summed E-state index contributed by atoms with van der Waals surface area (Å²) in [5, 5.41) is 12.1. The van der Waals surface area contributed by atoms with Gasteiger partial charge in [-0.1, -0.05) is 91.0 Å². The number of nitrogens with zero attached hydrogens (tertiary/aromatic N) is 2. The molecule has 1 unspecified atom stereocenters. The van der Waals surface area contributed by atoms with Crippen LogP contribution in [-0.2, 0) is 11.2 Å². The summed E-state index contributed by atoms with van der Waals surface area (Å²) in [4.78, 5) is 28.6. The molecule has 0 aliphatic rings. The molecule has 3 aromatic carbocycles. The van der Waals surface area contributed by atoms with Crippen LogP contribution in [0.3, 0.4) is 0 Å². The molecule has 1 heterocycles. The highest BCUT2D eigenvalue weighted by molar-refractivity contribution is 7.18. The van der Waals surface area contributed by atoms with E-state index < -0.39 is 11.9 Å². The van der Waals surface area contributed by atoms with E-state index >= 15 is 0 Å². The minimum atomic E-state index is -0.859. The zero-order chi connectivity index (χ0) is 23.9. The molecule has 1 atom stereocenters. The number of nitrogens with one attached hydrogen (secondary N) is 1. The van der Waals surface area contributed by atoms with E-state index in [-0.39, 0.29) is 5.91 Å². The van der Waals surface area contributed by atoms with Gasteiger partial charge in [-0.25, -0.2) is 0 Å². The third-order valence-corrected chi connectivity index (χ3v) is 6.63. The summed E-state index contributed by atoms with van der Waals surface area (Å²) in [5.74, 6) is -0.798. The first-order valence-electron chi connectivity index (χ1n) is 10.8. The fourth-order valence-corrected chi connectivity index (χ4v) is 4.79. The second-order valence-electron chi connectivity index (χ2n) is 7.80. The monoisotopic (exact) mass is 465 g/mol. The number of likely N-dealkylation sites (N-methyl/N-ethyl adjacent to an activating group) is 1. The van der Waals surface area contributed by atoms with Crippen LogP contribution in [0.25, 0.3) is 21.6 Å². The number of nitriles is 1. The Morgan fingerprint density at radius 1 is 0.912 bits per heavy atom. The maximum absolute atomic E-state index is 13.3. The number of carbonyl (C=O) groups is 2. The molecule has 1 aromatic heterocycles. The molecule has 0 fully saturated rings. The number of thiophene rings is 1. The van der Waals surface area contributed by atoms with Crippen molar-refractivity contribution in [1.82, 2.24) is 10.2 Å². The van der Waals surface area contributed by atoms with Crippen molar-refractivity contribution in [3.05, 3.63) is 108 Å². The molecule has 4 aromatic rings. The van der Waals surface area contributed by atoms with E-state index in [1.54, 1.807) is 0 Å². The van der Waals surface area contributed by atoms with E-state index in [0.29, 0.717) is 11.3 Å². The Bertz CT molecular complexity index is 1260. The van der Waals surface area contributed by atoms with Gasteiger partial charge in [-0.05, 0) is 22.8 Å². The zero-order valence-corrected chi connectivity index (χ0v) is 19.5. The Morgan fingerprint density at radius 2 is 1.47 bits per heavy atom. The molecular weight excluding hydrogens is 442 g/mol. The normalized spacial score (nSPS) is 11.3. The van der Waals surface area contributed by atoms with Crippen molar-refractivity contribution in [2.45, 2.75) is 12.5 Å². The predicted octanol–water partition coefficient (Wildman–Crippen LogP) is 5.36. The maximum Gasteiger partial charge on any atom is 0.262 e. The number of carbonyl (C=O) groups excluding carboxylic acids is 2. The van der Waals surface area contributed by atoms with Crippen LogP contribution < -0.4 is 5.32 Å². The summed E-state index contributed by atoms with van der Waals surface area (Å²) in [6.45, 7) is 0. The van der Waals surface area contributed by atoms with Gasteiger partial charge in [-0.3, -0.25) is 14.5 Å². The fraction of sp³-hybridized carbons (Fsp3) is 0.107. The van der Waals surface area contributed by atoms with Crippen LogP contribution in [0.1, 0.15) is 15.2 Å². The maximum atomic E-state index is 13.3. The van der Waals surface area contributed by atoms with Gasteiger partial charge in [0.25, 0.3) is 11.8 Å². The van der Waals surface area contributed by atoms with Gasteiger partial charge < -0.3 is 5.32 Å². The number of hydrogen-bond donors (Lipinski definition) is 1. The smallest absolute Gasteiger partial charge is 0.262 e. The Kier molecular flexibility index (Phi) is 7.16. The van der Waals surface area contributed by atoms with Crippen LogP contribution in [-0.4, -0.2) is 29.8 Å². The number of amides is 2. The Balaban J connectivity index is 1.67. The highest BCUT2D eigenvalue weighted by atomic mass is 32.1. The number of rotatable bonds is 7. The third-order valence-electron chi connectivity index (χ3n) is 5.44. The van der Waals surface area contributed by atoms with E-state index in [9.17, 15) is 14.9 Å². The van der Waals surface area contributed by atoms with Gasteiger partial charge in [0.2, 0.25) is 0 Å². The van der Waals surface area contributed by atoms with Gasteiger partial charge >= 0.3 is 0 Å². The molecular formula is C28H23N3O2S. The first-order valence-corrected chi connectivity index (χ1v) is 11.6. The minimum absolute atomic E-state index is 0.292. The lowest BCUT2D eigenvalue weighted by Crippen LogP contribution is -2.47. The molecule has 168 valence electrons. The largest absolute Gasteiger partial charge is 0.339 e. The summed E-state index contributed by atoms with van der Waals surface area (Å²) in [6, 6.07) is 30.3. The number of hydrogen-bond acceptors (Lipinski definition) is 4. The van der Waals surface area contributed by atoms with Crippen LogP contribution in [0.5, 0.6) is 0 Å². The van der Waals surface area contributed by atoms with Gasteiger partial charge in [0.1, 0.15) is 6.04 Å². The second-order valence-corrected chi connectivity index (χ2v) is 8.85. The Hall–Kier alpha value is -4.21. The van der Waals surface area contributed by atoms with Crippen molar-refractivity contribution in [2.75, 3.05) is 7.05 Å². The molecule has 0 spiro atoms. The quantitative estimate of drug-likeness (QED) is 0.295. The van der Waals surface area contributed by atoms with Crippen molar-refractivity contribution in [3.63, 3.8) is 0 Å². The lowest BCUT2D eigenvalue weighted by atomic mass is 10.0. The van der Waals surface area contributed by atoms with Gasteiger partial charge in [0, 0.05) is 23.9 Å². The van der Waals surface area contributed by atoms with Crippen LogP contribution in [0.4, 0.5) is 0 Å². The summed E-state index contributed by atoms with van der Waals surface area (Å²) in [5.41, 5.74) is 3.89. The van der Waals surface area contributed by atoms with Crippen molar-refractivity contribution < 1.29 is 9.59 Å². The molecule has 5 nitrogen and oxygen atoms in total. The lowest BCUT2D eigenvalue weighted by Gasteiger charge is -2.20. The van der Waals surface area contributed by atoms with Crippen molar-refractivity contribution in [3.8, 4) is 27.8 Å². The van der Waals surface area contributed by atoms with Gasteiger partial charge in [0.05, 0.1) is 4.88 Å². The van der Waals surface area contributed by atoms with E-state index in [2.05, 4.69) is 5.32 Å². The highest BCUT2D eigenvalue weighted by Crippen LogP contribution is 2.39. The molecule has 34 heavy (non-hydrogen) atoms. The van der Waals surface area contributed by atoms with E-state index in [1.165, 1.54) is 18.4 Å². The SMILES string of the molecule is CN(C#N)C(=O)C(Cc1ccccc1)NC(=O)c1cc(-c2ccccc2)c(-c2ccccc2)s1.